The summed E-state index contributed by atoms with van der Waals surface area (Å²) in [7, 11) is -3.53. The van der Waals surface area contributed by atoms with Crippen LogP contribution in [0.25, 0.3) is 0 Å². The molecular weight excluding hydrogens is 326 g/mol. The zero-order chi connectivity index (χ0) is 17.2. The van der Waals surface area contributed by atoms with Crippen molar-refractivity contribution >= 4 is 21.8 Å². The average molecular weight is 350 g/mol. The zero-order valence-corrected chi connectivity index (χ0v) is 15.8. The highest BCUT2D eigenvalue weighted by molar-refractivity contribution is 7.98. The number of hydrogen-bond donors (Lipinski definition) is 1. The second-order valence-electron chi connectivity index (χ2n) is 5.81. The Labute approximate surface area is 143 Å². The SMILES string of the molecule is CSc1ccc(S(=O)(=O)NC(C)c2cc(C)c(C)cc2C)cc1. The molecule has 0 aliphatic rings. The predicted octanol–water partition coefficient (Wildman–Crippen LogP) is 4.37. The number of nitrogens with one attached hydrogen (secondary N) is 1. The van der Waals surface area contributed by atoms with Crippen LogP contribution in [0.3, 0.4) is 0 Å². The first kappa shape index (κ1) is 18.0. The van der Waals surface area contributed by atoms with Gasteiger partial charge in [-0.1, -0.05) is 12.1 Å². The smallest absolute Gasteiger partial charge is 0.207 e. The third kappa shape index (κ3) is 4.16. The van der Waals surface area contributed by atoms with Crippen LogP contribution in [0, 0.1) is 20.8 Å². The van der Waals surface area contributed by atoms with E-state index < -0.39 is 10.0 Å². The van der Waals surface area contributed by atoms with Gasteiger partial charge in [0.05, 0.1) is 4.90 Å². The summed E-state index contributed by atoms with van der Waals surface area (Å²) in [5, 5.41) is 0. The summed E-state index contributed by atoms with van der Waals surface area (Å²) < 4.78 is 27.9. The molecule has 0 radical (unpaired) electrons. The molecule has 0 amide bonds. The van der Waals surface area contributed by atoms with Crippen LogP contribution in [0.15, 0.2) is 46.2 Å². The highest BCUT2D eigenvalue weighted by Crippen LogP contribution is 2.24. The van der Waals surface area contributed by atoms with Crippen molar-refractivity contribution in [3.05, 3.63) is 58.7 Å². The number of benzene rings is 2. The van der Waals surface area contributed by atoms with E-state index in [1.807, 2.05) is 39.2 Å². The Balaban J connectivity index is 2.27. The van der Waals surface area contributed by atoms with Crippen LogP contribution in [0.4, 0.5) is 0 Å². The fourth-order valence-corrected chi connectivity index (χ4v) is 4.20. The van der Waals surface area contributed by atoms with E-state index in [2.05, 4.69) is 23.8 Å². The van der Waals surface area contributed by atoms with Gasteiger partial charge in [-0.15, -0.1) is 11.8 Å². The molecule has 2 rings (SSSR count). The summed E-state index contributed by atoms with van der Waals surface area (Å²) >= 11 is 1.59. The highest BCUT2D eigenvalue weighted by Gasteiger charge is 2.19. The normalized spacial score (nSPS) is 13.1. The summed E-state index contributed by atoms with van der Waals surface area (Å²) in [6.45, 7) is 8.00. The lowest BCUT2D eigenvalue weighted by Gasteiger charge is -2.18. The number of thioether (sulfide) groups is 1. The second-order valence-corrected chi connectivity index (χ2v) is 8.41. The average Bonchev–Trinajstić information content (AvgIpc) is 2.50. The Kier molecular flexibility index (Phi) is 5.55. The molecule has 2 aromatic rings. The quantitative estimate of drug-likeness (QED) is 0.815. The van der Waals surface area contributed by atoms with Crippen molar-refractivity contribution in [2.45, 2.75) is 43.5 Å². The molecule has 2 aromatic carbocycles. The lowest BCUT2D eigenvalue weighted by molar-refractivity contribution is 0.566. The van der Waals surface area contributed by atoms with Gasteiger partial charge in [0.1, 0.15) is 0 Å². The Bertz CT molecular complexity index is 797. The second kappa shape index (κ2) is 7.07. The van der Waals surface area contributed by atoms with E-state index in [0.29, 0.717) is 4.90 Å². The molecular formula is C18H23NO2S2. The lowest BCUT2D eigenvalue weighted by atomic mass is 9.97. The van der Waals surface area contributed by atoms with Crippen LogP contribution in [-0.4, -0.2) is 14.7 Å². The molecule has 0 saturated heterocycles. The maximum atomic E-state index is 12.6. The topological polar surface area (TPSA) is 46.2 Å². The third-order valence-corrected chi connectivity index (χ3v) is 6.35. The molecule has 5 heteroatoms. The van der Waals surface area contributed by atoms with Crippen molar-refractivity contribution < 1.29 is 8.42 Å². The molecule has 0 aliphatic carbocycles. The van der Waals surface area contributed by atoms with E-state index in [-0.39, 0.29) is 6.04 Å². The first-order chi connectivity index (χ1) is 10.7. The van der Waals surface area contributed by atoms with Crippen molar-refractivity contribution in [2.75, 3.05) is 6.26 Å². The van der Waals surface area contributed by atoms with Gasteiger partial charge >= 0.3 is 0 Å². The van der Waals surface area contributed by atoms with E-state index in [4.69, 9.17) is 0 Å². The molecule has 0 saturated carbocycles. The van der Waals surface area contributed by atoms with Crippen LogP contribution in [0.1, 0.15) is 35.2 Å². The maximum absolute atomic E-state index is 12.6. The minimum absolute atomic E-state index is 0.278. The largest absolute Gasteiger partial charge is 0.241 e. The van der Waals surface area contributed by atoms with Gasteiger partial charge in [0.15, 0.2) is 0 Å². The van der Waals surface area contributed by atoms with Crippen LogP contribution in [0.5, 0.6) is 0 Å². The van der Waals surface area contributed by atoms with Gasteiger partial charge in [-0.25, -0.2) is 13.1 Å². The van der Waals surface area contributed by atoms with Crippen LogP contribution >= 0.6 is 11.8 Å². The van der Waals surface area contributed by atoms with Crippen LogP contribution in [0.2, 0.25) is 0 Å². The van der Waals surface area contributed by atoms with Gasteiger partial charge in [-0.2, -0.15) is 0 Å². The fourth-order valence-electron chi connectivity index (χ4n) is 2.57. The minimum Gasteiger partial charge on any atom is -0.207 e. The van der Waals surface area contributed by atoms with E-state index in [1.54, 1.807) is 23.9 Å². The molecule has 0 aromatic heterocycles. The van der Waals surface area contributed by atoms with Gasteiger partial charge < -0.3 is 0 Å². The molecule has 0 bridgehead atoms. The third-order valence-electron chi connectivity index (χ3n) is 4.05. The molecule has 0 heterocycles. The maximum Gasteiger partial charge on any atom is 0.241 e. The van der Waals surface area contributed by atoms with Crippen molar-refractivity contribution in [3.63, 3.8) is 0 Å². The van der Waals surface area contributed by atoms with E-state index >= 15 is 0 Å². The molecule has 0 spiro atoms. The summed E-state index contributed by atoms with van der Waals surface area (Å²) in [5.41, 5.74) is 4.49. The molecule has 23 heavy (non-hydrogen) atoms. The molecule has 0 aliphatic heterocycles. The lowest BCUT2D eigenvalue weighted by Crippen LogP contribution is -2.27. The van der Waals surface area contributed by atoms with Gasteiger partial charge in [-0.3, -0.25) is 0 Å². The van der Waals surface area contributed by atoms with Crippen LogP contribution in [-0.2, 0) is 10.0 Å². The van der Waals surface area contributed by atoms with Crippen molar-refractivity contribution in [2.24, 2.45) is 0 Å². The monoisotopic (exact) mass is 349 g/mol. The highest BCUT2D eigenvalue weighted by atomic mass is 32.2. The number of rotatable bonds is 5. The first-order valence-electron chi connectivity index (χ1n) is 7.48. The molecule has 3 nitrogen and oxygen atoms in total. The molecule has 1 unspecified atom stereocenters. The van der Waals surface area contributed by atoms with Crippen LogP contribution < -0.4 is 4.72 Å². The molecule has 1 N–H and O–H groups in total. The van der Waals surface area contributed by atoms with Gasteiger partial charge in [0.2, 0.25) is 10.0 Å². The molecule has 0 fully saturated rings. The van der Waals surface area contributed by atoms with Crippen molar-refractivity contribution in [1.82, 2.24) is 4.72 Å². The zero-order valence-electron chi connectivity index (χ0n) is 14.2. The standard InChI is InChI=1S/C18H23NO2S2/c1-12-10-14(3)18(11-13(12)2)15(4)19-23(20,21)17-8-6-16(22-5)7-9-17/h6-11,15,19H,1-5H3. The Morgan fingerprint density at radius 1 is 0.957 bits per heavy atom. The molecule has 124 valence electrons. The fraction of sp³-hybridized carbons (Fsp3) is 0.333. The predicted molar refractivity (Wildman–Crippen MR) is 97.6 cm³/mol. The number of hydrogen-bond acceptors (Lipinski definition) is 3. The molecule has 1 atom stereocenters. The van der Waals surface area contributed by atoms with E-state index in [1.165, 1.54) is 11.1 Å². The summed E-state index contributed by atoms with van der Waals surface area (Å²) in [4.78, 5) is 1.34. The first-order valence-corrected chi connectivity index (χ1v) is 10.2. The Morgan fingerprint density at radius 3 is 2.09 bits per heavy atom. The van der Waals surface area contributed by atoms with Gasteiger partial charge in [0.25, 0.3) is 0 Å². The summed E-state index contributed by atoms with van der Waals surface area (Å²) in [6, 6.07) is 10.8. The number of aryl methyl sites for hydroxylation is 3. The van der Waals surface area contributed by atoms with Crippen molar-refractivity contribution in [1.29, 1.82) is 0 Å². The van der Waals surface area contributed by atoms with Gasteiger partial charge in [0, 0.05) is 10.9 Å². The Hall–Kier alpha value is -1.30. The minimum atomic E-state index is -3.53. The van der Waals surface area contributed by atoms with E-state index in [0.717, 1.165) is 16.0 Å². The van der Waals surface area contributed by atoms with E-state index in [9.17, 15) is 8.42 Å². The van der Waals surface area contributed by atoms with Gasteiger partial charge in [-0.05, 0) is 80.5 Å². The summed E-state index contributed by atoms with van der Waals surface area (Å²) in [5.74, 6) is 0. The summed E-state index contributed by atoms with van der Waals surface area (Å²) in [6.07, 6.45) is 1.96. The van der Waals surface area contributed by atoms with Crippen molar-refractivity contribution in [3.8, 4) is 0 Å². The Morgan fingerprint density at radius 2 is 1.52 bits per heavy atom. The number of sulfonamides is 1.